The molecule has 0 fully saturated rings. The van der Waals surface area contributed by atoms with Crippen molar-refractivity contribution < 1.29 is 9.90 Å². The number of benzene rings is 1. The van der Waals surface area contributed by atoms with Gasteiger partial charge in [0.15, 0.2) is 0 Å². The molecular formula is C11H9ClN2O2. The van der Waals surface area contributed by atoms with Crippen LogP contribution in [-0.4, -0.2) is 20.9 Å². The van der Waals surface area contributed by atoms with E-state index >= 15 is 0 Å². The highest BCUT2D eigenvalue weighted by molar-refractivity contribution is 6.31. The van der Waals surface area contributed by atoms with Crippen molar-refractivity contribution in [1.29, 1.82) is 0 Å². The van der Waals surface area contributed by atoms with Crippen LogP contribution in [0.5, 0.6) is 0 Å². The van der Waals surface area contributed by atoms with E-state index in [0.29, 0.717) is 11.6 Å². The number of halogens is 1. The summed E-state index contributed by atoms with van der Waals surface area (Å²) in [6.07, 6.45) is 1.46. The molecule has 1 heterocycles. The number of nitrogens with zero attached hydrogens (tertiary/aromatic N) is 2. The molecule has 1 aromatic heterocycles. The van der Waals surface area contributed by atoms with Gasteiger partial charge in [0, 0.05) is 11.2 Å². The van der Waals surface area contributed by atoms with Gasteiger partial charge in [-0.1, -0.05) is 29.8 Å². The molecule has 0 saturated carbocycles. The minimum Gasteiger partial charge on any atom is -0.477 e. The molecule has 4 nitrogen and oxygen atoms in total. The van der Waals surface area contributed by atoms with Gasteiger partial charge in [0.05, 0.1) is 6.54 Å². The Morgan fingerprint density at radius 2 is 2.12 bits per heavy atom. The van der Waals surface area contributed by atoms with E-state index in [1.165, 1.54) is 16.9 Å². The van der Waals surface area contributed by atoms with Crippen molar-refractivity contribution in [2.75, 3.05) is 0 Å². The summed E-state index contributed by atoms with van der Waals surface area (Å²) in [4.78, 5) is 10.9. The molecule has 0 aliphatic carbocycles. The maximum absolute atomic E-state index is 10.9. The molecule has 1 aromatic carbocycles. The Labute approximate surface area is 97.1 Å². The summed E-state index contributed by atoms with van der Waals surface area (Å²) in [7, 11) is 0. The summed E-state index contributed by atoms with van der Waals surface area (Å²) >= 11 is 5.98. The van der Waals surface area contributed by atoms with Gasteiger partial charge in [0.25, 0.3) is 0 Å². The lowest BCUT2D eigenvalue weighted by Gasteiger charge is -2.06. The van der Waals surface area contributed by atoms with Gasteiger partial charge in [0.2, 0.25) is 0 Å². The van der Waals surface area contributed by atoms with Gasteiger partial charge in [-0.2, -0.15) is 5.10 Å². The number of aromatic carboxylic acids is 1. The van der Waals surface area contributed by atoms with Crippen LogP contribution >= 0.6 is 11.6 Å². The lowest BCUT2D eigenvalue weighted by atomic mass is 10.2. The number of aromatic nitrogens is 2. The molecule has 16 heavy (non-hydrogen) atoms. The average Bonchev–Trinajstić information content (AvgIpc) is 2.69. The second-order valence-corrected chi connectivity index (χ2v) is 3.68. The fourth-order valence-electron chi connectivity index (χ4n) is 1.43. The van der Waals surface area contributed by atoms with Crippen molar-refractivity contribution in [2.24, 2.45) is 0 Å². The largest absolute Gasteiger partial charge is 0.477 e. The number of hydrogen-bond donors (Lipinski definition) is 1. The first-order chi connectivity index (χ1) is 7.68. The van der Waals surface area contributed by atoms with Crippen molar-refractivity contribution in [3.05, 3.63) is 52.8 Å². The maximum Gasteiger partial charge on any atom is 0.354 e. The monoisotopic (exact) mass is 236 g/mol. The van der Waals surface area contributed by atoms with Crippen molar-refractivity contribution >= 4 is 17.6 Å². The summed E-state index contributed by atoms with van der Waals surface area (Å²) in [5, 5.41) is 13.5. The Morgan fingerprint density at radius 1 is 1.38 bits per heavy atom. The fraction of sp³-hybridized carbons (Fsp3) is 0.0909. The summed E-state index contributed by atoms with van der Waals surface area (Å²) in [6.45, 7) is 0.355. The topological polar surface area (TPSA) is 55.1 Å². The van der Waals surface area contributed by atoms with Crippen LogP contribution in [0.2, 0.25) is 5.02 Å². The Hall–Kier alpha value is -1.81. The predicted octanol–water partition coefficient (Wildman–Crippen LogP) is 2.28. The first-order valence-corrected chi connectivity index (χ1v) is 5.05. The first kappa shape index (κ1) is 10.7. The number of carboxylic acid groups (broad SMARTS) is 1. The van der Waals surface area contributed by atoms with Crippen molar-refractivity contribution in [1.82, 2.24) is 9.78 Å². The van der Waals surface area contributed by atoms with Crippen LogP contribution in [-0.2, 0) is 6.54 Å². The van der Waals surface area contributed by atoms with Crippen LogP contribution in [0, 0.1) is 0 Å². The van der Waals surface area contributed by atoms with Crippen molar-refractivity contribution in [3.8, 4) is 0 Å². The molecule has 0 aliphatic rings. The van der Waals surface area contributed by atoms with E-state index < -0.39 is 5.97 Å². The van der Waals surface area contributed by atoms with Gasteiger partial charge in [-0.25, -0.2) is 4.79 Å². The number of carboxylic acids is 1. The Kier molecular flexibility index (Phi) is 2.92. The normalized spacial score (nSPS) is 10.3. The predicted molar refractivity (Wildman–Crippen MR) is 59.7 cm³/mol. The molecule has 1 N–H and O–H groups in total. The third kappa shape index (κ3) is 2.06. The van der Waals surface area contributed by atoms with Crippen LogP contribution in [0.3, 0.4) is 0 Å². The number of rotatable bonds is 3. The van der Waals surface area contributed by atoms with Gasteiger partial charge >= 0.3 is 5.97 Å². The molecule has 82 valence electrons. The highest BCUT2D eigenvalue weighted by atomic mass is 35.5. The molecule has 0 amide bonds. The third-order valence-electron chi connectivity index (χ3n) is 2.21. The van der Waals surface area contributed by atoms with Gasteiger partial charge in [-0.05, 0) is 17.7 Å². The minimum atomic E-state index is -0.996. The molecule has 0 radical (unpaired) electrons. The molecule has 0 saturated heterocycles. The smallest absolute Gasteiger partial charge is 0.354 e. The Bertz CT molecular complexity index is 522. The van der Waals surface area contributed by atoms with Crippen LogP contribution in [0.4, 0.5) is 0 Å². The van der Waals surface area contributed by atoms with Gasteiger partial charge in [-0.3, -0.25) is 4.68 Å². The summed E-state index contributed by atoms with van der Waals surface area (Å²) in [5.41, 5.74) is 0.996. The summed E-state index contributed by atoms with van der Waals surface area (Å²) < 4.78 is 1.41. The zero-order valence-corrected chi connectivity index (χ0v) is 9.05. The molecule has 2 rings (SSSR count). The van der Waals surface area contributed by atoms with E-state index in [2.05, 4.69) is 5.10 Å². The number of hydrogen-bond acceptors (Lipinski definition) is 2. The standard InChI is InChI=1S/C11H9ClN2O2/c12-9-4-2-1-3-8(9)7-14-10(11(15)16)5-6-13-14/h1-6H,7H2,(H,15,16). The van der Waals surface area contributed by atoms with E-state index in [1.54, 1.807) is 6.07 Å². The molecule has 0 bridgehead atoms. The molecule has 0 atom stereocenters. The molecule has 0 unspecified atom stereocenters. The van der Waals surface area contributed by atoms with Crippen molar-refractivity contribution in [2.45, 2.75) is 6.54 Å². The highest BCUT2D eigenvalue weighted by Crippen LogP contribution is 2.16. The number of carbonyl (C=O) groups is 1. The van der Waals surface area contributed by atoms with Gasteiger partial charge in [-0.15, -0.1) is 0 Å². The van der Waals surface area contributed by atoms with Crippen LogP contribution in [0.1, 0.15) is 16.1 Å². The zero-order valence-electron chi connectivity index (χ0n) is 8.30. The minimum absolute atomic E-state index is 0.153. The van der Waals surface area contributed by atoms with Crippen LogP contribution in [0.15, 0.2) is 36.5 Å². The molecule has 0 aliphatic heterocycles. The zero-order chi connectivity index (χ0) is 11.5. The van der Waals surface area contributed by atoms with E-state index in [9.17, 15) is 4.79 Å². The molecule has 5 heteroatoms. The van der Waals surface area contributed by atoms with Crippen LogP contribution < -0.4 is 0 Å². The highest BCUT2D eigenvalue weighted by Gasteiger charge is 2.11. The van der Waals surface area contributed by atoms with Crippen LogP contribution in [0.25, 0.3) is 0 Å². The van der Waals surface area contributed by atoms with Gasteiger partial charge < -0.3 is 5.11 Å². The SMILES string of the molecule is O=C(O)c1ccnn1Cc1ccccc1Cl. The van der Waals surface area contributed by atoms with Gasteiger partial charge in [0.1, 0.15) is 5.69 Å². The lowest BCUT2D eigenvalue weighted by molar-refractivity contribution is 0.0684. The average molecular weight is 237 g/mol. The van der Waals surface area contributed by atoms with E-state index in [0.717, 1.165) is 5.56 Å². The second-order valence-electron chi connectivity index (χ2n) is 3.27. The summed E-state index contributed by atoms with van der Waals surface area (Å²) in [5.74, 6) is -0.996. The van der Waals surface area contributed by atoms with Crippen molar-refractivity contribution in [3.63, 3.8) is 0 Å². The van der Waals surface area contributed by atoms with E-state index in [1.807, 2.05) is 18.2 Å². The first-order valence-electron chi connectivity index (χ1n) is 4.67. The quantitative estimate of drug-likeness (QED) is 0.890. The Morgan fingerprint density at radius 3 is 2.81 bits per heavy atom. The Balaban J connectivity index is 2.31. The second kappa shape index (κ2) is 4.37. The summed E-state index contributed by atoms with van der Waals surface area (Å²) in [6, 6.07) is 8.74. The maximum atomic E-state index is 10.9. The fourth-order valence-corrected chi connectivity index (χ4v) is 1.62. The third-order valence-corrected chi connectivity index (χ3v) is 2.58. The molecule has 2 aromatic rings. The molecule has 0 spiro atoms. The molecular weight excluding hydrogens is 228 g/mol. The van der Waals surface area contributed by atoms with E-state index in [4.69, 9.17) is 16.7 Å². The lowest BCUT2D eigenvalue weighted by Crippen LogP contribution is -2.11. The van der Waals surface area contributed by atoms with E-state index in [-0.39, 0.29) is 5.69 Å².